The van der Waals surface area contributed by atoms with Gasteiger partial charge in [-0.2, -0.15) is 4.98 Å². The van der Waals surface area contributed by atoms with Gasteiger partial charge in [-0.05, 0) is 37.1 Å². The van der Waals surface area contributed by atoms with Gasteiger partial charge in [0.2, 0.25) is 0 Å². The molecular formula is C17H20N4NaO9P. The SMILES string of the molecule is Cc1cc2nc3c(=O)[nH]c(=O)nc-3n(C[C@H](O)[C@H](OP(=O)([O-])O)[C@H](O)CO)c2cc1C.[Na+]. The first-order valence-corrected chi connectivity index (χ1v) is 10.5. The Labute approximate surface area is 202 Å². The smallest absolute Gasteiger partial charge is 0.756 e. The van der Waals surface area contributed by atoms with Crippen LogP contribution in [0.5, 0.6) is 0 Å². The Morgan fingerprint density at radius 3 is 2.41 bits per heavy atom. The van der Waals surface area contributed by atoms with Crippen LogP contribution in [-0.4, -0.2) is 64.7 Å². The first kappa shape index (κ1) is 26.7. The fourth-order valence-corrected chi connectivity index (χ4v) is 3.77. The molecule has 0 fully saturated rings. The van der Waals surface area contributed by atoms with Crippen molar-refractivity contribution in [3.05, 3.63) is 44.1 Å². The van der Waals surface area contributed by atoms with Gasteiger partial charge in [0.1, 0.15) is 18.3 Å². The molecule has 0 spiro atoms. The Balaban J connectivity index is 0.00000363. The molecule has 1 unspecified atom stereocenters. The summed E-state index contributed by atoms with van der Waals surface area (Å²) in [5, 5.41) is 29.7. The number of aliphatic hydroxyl groups excluding tert-OH is 3. The molecule has 0 aromatic heterocycles. The maximum Gasteiger partial charge on any atom is 1.00 e. The average Bonchev–Trinajstić information content (AvgIpc) is 2.66. The van der Waals surface area contributed by atoms with Gasteiger partial charge in [0.25, 0.3) is 13.4 Å². The van der Waals surface area contributed by atoms with Crippen molar-refractivity contribution in [2.75, 3.05) is 6.61 Å². The van der Waals surface area contributed by atoms with E-state index in [9.17, 15) is 29.3 Å². The van der Waals surface area contributed by atoms with Gasteiger partial charge in [-0.25, -0.2) is 9.78 Å². The molecule has 32 heavy (non-hydrogen) atoms. The van der Waals surface area contributed by atoms with E-state index in [1.165, 1.54) is 4.57 Å². The molecule has 15 heteroatoms. The Hall–Kier alpha value is -1.51. The minimum absolute atomic E-state index is 0. The number of phosphoric ester groups is 1. The van der Waals surface area contributed by atoms with Gasteiger partial charge in [0, 0.05) is 0 Å². The second kappa shape index (κ2) is 10.2. The van der Waals surface area contributed by atoms with Crippen molar-refractivity contribution in [3.8, 4) is 11.5 Å². The normalized spacial score (nSPS) is 16.3. The largest absolute Gasteiger partial charge is 1.00 e. The van der Waals surface area contributed by atoms with E-state index in [0.29, 0.717) is 11.0 Å². The predicted octanol–water partition coefficient (Wildman–Crippen LogP) is -5.23. The van der Waals surface area contributed by atoms with E-state index in [2.05, 4.69) is 14.5 Å². The first-order chi connectivity index (χ1) is 14.4. The van der Waals surface area contributed by atoms with Crippen LogP contribution in [0.25, 0.3) is 22.6 Å². The third kappa shape index (κ3) is 5.69. The van der Waals surface area contributed by atoms with E-state index in [1.807, 2.05) is 11.9 Å². The Morgan fingerprint density at radius 2 is 1.81 bits per heavy atom. The zero-order chi connectivity index (χ0) is 23.1. The number of hydrogen-bond donors (Lipinski definition) is 5. The number of aromatic amines is 1. The molecular weight excluding hydrogens is 458 g/mol. The maximum absolute atomic E-state index is 12.3. The van der Waals surface area contributed by atoms with Crippen molar-refractivity contribution in [2.24, 2.45) is 0 Å². The van der Waals surface area contributed by atoms with Crippen molar-refractivity contribution >= 4 is 18.9 Å². The molecule has 3 rings (SSSR count). The number of aliphatic hydroxyl groups is 3. The van der Waals surface area contributed by atoms with Crippen LogP contribution in [0, 0.1) is 13.8 Å². The summed E-state index contributed by atoms with van der Waals surface area (Å²) in [5.41, 5.74) is 0.338. The van der Waals surface area contributed by atoms with Crippen LogP contribution in [0.2, 0.25) is 0 Å². The number of phosphoric acid groups is 1. The Morgan fingerprint density at radius 1 is 1.19 bits per heavy atom. The molecule has 13 nitrogen and oxygen atoms in total. The summed E-state index contributed by atoms with van der Waals surface area (Å²) in [7, 11) is -5.40. The van der Waals surface area contributed by atoms with Gasteiger partial charge >= 0.3 is 35.2 Å². The van der Waals surface area contributed by atoms with Gasteiger partial charge in [0.15, 0.2) is 11.5 Å². The molecule has 5 N–H and O–H groups in total. The second-order valence-corrected chi connectivity index (χ2v) is 8.19. The van der Waals surface area contributed by atoms with E-state index in [-0.39, 0.29) is 41.1 Å². The molecule has 4 atom stereocenters. The molecule has 2 aliphatic heterocycles. The zero-order valence-corrected chi connectivity index (χ0v) is 20.3. The fraction of sp³-hybridized carbons (Fsp3) is 0.412. The third-order valence-corrected chi connectivity index (χ3v) is 5.30. The van der Waals surface area contributed by atoms with Gasteiger partial charge in [0.05, 0.1) is 24.2 Å². The summed E-state index contributed by atoms with van der Waals surface area (Å²) in [6.45, 7) is 2.10. The van der Waals surface area contributed by atoms with Gasteiger partial charge in [-0.15, -0.1) is 0 Å². The molecule has 0 bridgehead atoms. The summed E-state index contributed by atoms with van der Waals surface area (Å²) < 4.78 is 16.8. The average molecular weight is 478 g/mol. The number of H-pyrrole nitrogens is 1. The molecule has 2 aliphatic rings. The number of benzene rings is 1. The van der Waals surface area contributed by atoms with Gasteiger partial charge < -0.3 is 34.2 Å². The van der Waals surface area contributed by atoms with Crippen molar-refractivity contribution in [1.29, 1.82) is 0 Å². The topological polar surface area (TPSA) is 211 Å². The van der Waals surface area contributed by atoms with Crippen molar-refractivity contribution in [1.82, 2.24) is 19.5 Å². The summed E-state index contributed by atoms with van der Waals surface area (Å²) in [6.07, 6.45) is -5.66. The number of aromatic nitrogens is 4. The quantitative estimate of drug-likeness (QED) is 0.123. The molecule has 0 radical (unpaired) electrons. The van der Waals surface area contributed by atoms with Crippen LogP contribution in [0.15, 0.2) is 21.7 Å². The summed E-state index contributed by atoms with van der Waals surface area (Å²) in [4.78, 5) is 54.2. The number of rotatable bonds is 7. The van der Waals surface area contributed by atoms with E-state index in [0.717, 1.165) is 11.1 Å². The summed E-state index contributed by atoms with van der Waals surface area (Å²) in [5.74, 6) is -0.199. The van der Waals surface area contributed by atoms with Crippen LogP contribution < -0.4 is 45.7 Å². The second-order valence-electron chi connectivity index (χ2n) is 7.05. The Kier molecular flexibility index (Phi) is 8.51. The fourth-order valence-electron chi connectivity index (χ4n) is 3.18. The molecule has 2 heterocycles. The van der Waals surface area contributed by atoms with Crippen molar-refractivity contribution in [3.63, 3.8) is 0 Å². The third-order valence-electron chi connectivity index (χ3n) is 4.79. The minimum Gasteiger partial charge on any atom is -0.756 e. The number of fused-ring (bicyclic) bond motifs is 2. The standard InChI is InChI=1S/C17H21N4O9P.Na/c1-7-3-9-10(4-8(7)2)21(15-13(18-9)16(25)20-17(26)19-15)5-11(23)14(12(24)6-22)30-31(27,28)29;/h3-4,11-12,14,22-24H,5-6H2,1-2H3,(H,20,25,26)(H2,27,28,29);/q;+1/p-1/t11-,12+,14-;/m0./s1. The van der Waals surface area contributed by atoms with Gasteiger partial charge in [-0.3, -0.25) is 14.3 Å². The van der Waals surface area contributed by atoms with Crippen molar-refractivity contribution in [2.45, 2.75) is 38.7 Å². The van der Waals surface area contributed by atoms with Crippen LogP contribution in [0.1, 0.15) is 11.1 Å². The number of nitrogens with one attached hydrogen (secondary N) is 1. The monoisotopic (exact) mass is 478 g/mol. The minimum atomic E-state index is -5.40. The summed E-state index contributed by atoms with van der Waals surface area (Å²) in [6, 6.07) is 3.34. The molecule has 0 saturated heterocycles. The van der Waals surface area contributed by atoms with E-state index >= 15 is 0 Å². The number of aryl methyl sites for hydroxylation is 2. The van der Waals surface area contributed by atoms with E-state index in [1.54, 1.807) is 19.1 Å². The Bertz CT molecular complexity index is 1260. The van der Waals surface area contributed by atoms with Crippen molar-refractivity contribution < 1.29 is 63.8 Å². The summed E-state index contributed by atoms with van der Waals surface area (Å²) >= 11 is 0. The van der Waals surface area contributed by atoms with E-state index in [4.69, 9.17) is 10.00 Å². The maximum atomic E-state index is 12.3. The molecule has 0 saturated carbocycles. The van der Waals surface area contributed by atoms with Crippen LogP contribution in [0.3, 0.4) is 0 Å². The molecule has 168 valence electrons. The first-order valence-electron chi connectivity index (χ1n) is 9.02. The van der Waals surface area contributed by atoms with Crippen LogP contribution >= 0.6 is 7.82 Å². The van der Waals surface area contributed by atoms with E-state index < -0.39 is 50.5 Å². The zero-order valence-electron chi connectivity index (χ0n) is 17.4. The number of nitrogens with zero attached hydrogens (tertiary/aromatic N) is 3. The number of hydrogen-bond acceptors (Lipinski definition) is 10. The molecule has 0 aliphatic carbocycles. The molecule has 1 aromatic carbocycles. The van der Waals surface area contributed by atoms with Gasteiger partial charge in [-0.1, -0.05) is 0 Å². The van der Waals surface area contributed by atoms with Crippen LogP contribution in [-0.2, 0) is 15.6 Å². The molecule has 0 amide bonds. The van der Waals surface area contributed by atoms with Crippen LogP contribution in [0.4, 0.5) is 0 Å². The molecule has 1 aromatic rings. The predicted molar refractivity (Wildman–Crippen MR) is 104 cm³/mol.